The molecule has 25 heavy (non-hydrogen) atoms. The molecule has 1 aliphatic heterocycles. The molecule has 0 aliphatic carbocycles. The van der Waals surface area contributed by atoms with Gasteiger partial charge in [-0.3, -0.25) is 4.79 Å². The molecule has 136 valence electrons. The zero-order valence-corrected chi connectivity index (χ0v) is 16.1. The van der Waals surface area contributed by atoms with E-state index in [1.807, 2.05) is 25.2 Å². The lowest BCUT2D eigenvalue weighted by Gasteiger charge is -2.35. The lowest BCUT2D eigenvalue weighted by Crippen LogP contribution is -2.44. The van der Waals surface area contributed by atoms with Crippen molar-refractivity contribution in [1.29, 1.82) is 0 Å². The zero-order chi connectivity index (χ0) is 17.8. The first-order valence-electron chi connectivity index (χ1n) is 9.22. The van der Waals surface area contributed by atoms with Gasteiger partial charge in [0.25, 0.3) is 5.56 Å². The summed E-state index contributed by atoms with van der Waals surface area (Å²) in [5.41, 5.74) is -0.0577. The molecule has 3 rings (SSSR count). The third kappa shape index (κ3) is 4.50. The van der Waals surface area contributed by atoms with Crippen LogP contribution in [-0.2, 0) is 0 Å². The fourth-order valence-corrected chi connectivity index (χ4v) is 4.22. The highest BCUT2D eigenvalue weighted by Crippen LogP contribution is 2.25. The molecular formula is C19H28N4OS. The second-order valence-electron chi connectivity index (χ2n) is 7.05. The third-order valence-electron chi connectivity index (χ3n) is 4.84. The van der Waals surface area contributed by atoms with E-state index in [2.05, 4.69) is 44.6 Å². The number of aromatic amines is 1. The summed E-state index contributed by atoms with van der Waals surface area (Å²) in [6.07, 6.45) is 3.26. The van der Waals surface area contributed by atoms with Crippen molar-refractivity contribution >= 4 is 17.2 Å². The smallest absolute Gasteiger partial charge is 0.252 e. The van der Waals surface area contributed by atoms with Gasteiger partial charge in [-0.2, -0.15) is 0 Å². The van der Waals surface area contributed by atoms with E-state index in [-0.39, 0.29) is 11.5 Å². The van der Waals surface area contributed by atoms with E-state index >= 15 is 0 Å². The second kappa shape index (κ2) is 8.15. The van der Waals surface area contributed by atoms with Crippen molar-refractivity contribution < 1.29 is 0 Å². The maximum Gasteiger partial charge on any atom is 0.252 e. The van der Waals surface area contributed by atoms with Gasteiger partial charge in [0.15, 0.2) is 0 Å². The molecule has 0 saturated carbocycles. The molecule has 0 unspecified atom stereocenters. The van der Waals surface area contributed by atoms with Crippen LogP contribution < -0.4 is 15.8 Å². The Morgan fingerprint density at radius 1 is 1.40 bits per heavy atom. The number of nitrogens with one attached hydrogen (secondary N) is 2. The van der Waals surface area contributed by atoms with E-state index in [9.17, 15) is 4.79 Å². The van der Waals surface area contributed by atoms with Gasteiger partial charge in [-0.25, -0.2) is 4.98 Å². The molecule has 0 radical (unpaired) electrons. The number of piperidine rings is 1. The van der Waals surface area contributed by atoms with E-state index in [1.54, 1.807) is 6.07 Å². The molecule has 0 aromatic carbocycles. The van der Waals surface area contributed by atoms with Crippen LogP contribution in [0.15, 0.2) is 28.4 Å². The average molecular weight is 361 g/mol. The van der Waals surface area contributed by atoms with E-state index in [0.717, 1.165) is 44.0 Å². The SMILES string of the molecule is CC[C@H](NC1CCN(c2cc(=O)[nH]c(C(C)C)n2)CC1)c1cccs1. The maximum absolute atomic E-state index is 11.9. The highest BCUT2D eigenvalue weighted by Gasteiger charge is 2.23. The summed E-state index contributed by atoms with van der Waals surface area (Å²) in [5.74, 6) is 1.81. The van der Waals surface area contributed by atoms with Crippen molar-refractivity contribution in [2.75, 3.05) is 18.0 Å². The molecule has 0 amide bonds. The number of hydrogen-bond donors (Lipinski definition) is 2. The van der Waals surface area contributed by atoms with Crippen LogP contribution in [0.3, 0.4) is 0 Å². The van der Waals surface area contributed by atoms with Crippen LogP contribution in [0.2, 0.25) is 0 Å². The van der Waals surface area contributed by atoms with Gasteiger partial charge in [0.1, 0.15) is 11.6 Å². The van der Waals surface area contributed by atoms with Gasteiger partial charge in [0.05, 0.1) is 0 Å². The largest absolute Gasteiger partial charge is 0.356 e. The number of hydrogen-bond acceptors (Lipinski definition) is 5. The Balaban J connectivity index is 1.61. The first-order chi connectivity index (χ1) is 12.1. The minimum atomic E-state index is -0.0577. The van der Waals surface area contributed by atoms with Crippen molar-refractivity contribution in [2.45, 2.75) is 58.0 Å². The Labute approximate surface area is 153 Å². The van der Waals surface area contributed by atoms with Gasteiger partial charge in [0.2, 0.25) is 0 Å². The number of thiophene rings is 1. The lowest BCUT2D eigenvalue weighted by atomic mass is 10.0. The minimum absolute atomic E-state index is 0.0577. The molecule has 6 heteroatoms. The molecule has 5 nitrogen and oxygen atoms in total. The Morgan fingerprint density at radius 2 is 2.16 bits per heavy atom. The van der Waals surface area contributed by atoms with Gasteiger partial charge in [-0.15, -0.1) is 11.3 Å². The molecule has 2 aromatic rings. The van der Waals surface area contributed by atoms with Crippen molar-refractivity contribution in [3.8, 4) is 0 Å². The molecule has 1 aliphatic rings. The molecule has 2 aromatic heterocycles. The molecular weight excluding hydrogens is 332 g/mol. The van der Waals surface area contributed by atoms with Gasteiger partial charge in [-0.1, -0.05) is 26.8 Å². The Hall–Kier alpha value is -1.66. The number of H-pyrrole nitrogens is 1. The minimum Gasteiger partial charge on any atom is -0.356 e. The van der Waals surface area contributed by atoms with Gasteiger partial charge >= 0.3 is 0 Å². The summed E-state index contributed by atoms with van der Waals surface area (Å²) in [4.78, 5) is 23.1. The maximum atomic E-state index is 11.9. The number of anilines is 1. The highest BCUT2D eigenvalue weighted by atomic mass is 32.1. The normalized spacial score (nSPS) is 17.2. The Kier molecular flexibility index (Phi) is 5.91. The summed E-state index contributed by atoms with van der Waals surface area (Å²) in [6.45, 7) is 8.21. The molecule has 0 bridgehead atoms. The molecule has 2 N–H and O–H groups in total. The summed E-state index contributed by atoms with van der Waals surface area (Å²) in [7, 11) is 0. The fourth-order valence-electron chi connectivity index (χ4n) is 3.35. The quantitative estimate of drug-likeness (QED) is 0.825. The summed E-state index contributed by atoms with van der Waals surface area (Å²) in [6, 6.07) is 6.93. The monoisotopic (exact) mass is 360 g/mol. The third-order valence-corrected chi connectivity index (χ3v) is 5.83. The summed E-state index contributed by atoms with van der Waals surface area (Å²) >= 11 is 1.83. The van der Waals surface area contributed by atoms with Crippen LogP contribution in [0.5, 0.6) is 0 Å². The zero-order valence-electron chi connectivity index (χ0n) is 15.3. The van der Waals surface area contributed by atoms with Crippen LogP contribution in [0.25, 0.3) is 0 Å². The number of aromatic nitrogens is 2. The molecule has 1 saturated heterocycles. The van der Waals surface area contributed by atoms with E-state index in [4.69, 9.17) is 0 Å². The van der Waals surface area contributed by atoms with Gasteiger partial charge in [0, 0.05) is 42.0 Å². The lowest BCUT2D eigenvalue weighted by molar-refractivity contribution is 0.366. The van der Waals surface area contributed by atoms with E-state index in [0.29, 0.717) is 12.1 Å². The molecule has 3 heterocycles. The van der Waals surface area contributed by atoms with Gasteiger partial charge in [-0.05, 0) is 30.7 Å². The number of nitrogens with zero attached hydrogens (tertiary/aromatic N) is 2. The first-order valence-corrected chi connectivity index (χ1v) is 10.1. The van der Waals surface area contributed by atoms with E-state index < -0.39 is 0 Å². The predicted molar refractivity (Wildman–Crippen MR) is 105 cm³/mol. The highest BCUT2D eigenvalue weighted by molar-refractivity contribution is 7.10. The van der Waals surface area contributed by atoms with Crippen molar-refractivity contribution in [1.82, 2.24) is 15.3 Å². The van der Waals surface area contributed by atoms with Crippen molar-refractivity contribution in [2.24, 2.45) is 0 Å². The fraction of sp³-hybridized carbons (Fsp3) is 0.579. The predicted octanol–water partition coefficient (Wildman–Crippen LogP) is 3.66. The average Bonchev–Trinajstić information content (AvgIpc) is 3.14. The summed E-state index contributed by atoms with van der Waals surface area (Å²) in [5, 5.41) is 5.96. The van der Waals surface area contributed by atoms with Crippen LogP contribution in [-0.4, -0.2) is 29.1 Å². The van der Waals surface area contributed by atoms with Crippen LogP contribution in [0.1, 0.15) is 62.7 Å². The number of rotatable bonds is 6. The summed E-state index contributed by atoms with van der Waals surface area (Å²) < 4.78 is 0. The van der Waals surface area contributed by atoms with Crippen LogP contribution in [0, 0.1) is 0 Å². The first kappa shape index (κ1) is 18.1. The van der Waals surface area contributed by atoms with Crippen molar-refractivity contribution in [3.05, 3.63) is 44.6 Å². The van der Waals surface area contributed by atoms with Crippen LogP contribution in [0.4, 0.5) is 5.82 Å². The molecule has 1 fully saturated rings. The molecule has 0 spiro atoms. The van der Waals surface area contributed by atoms with Crippen molar-refractivity contribution in [3.63, 3.8) is 0 Å². The molecule has 1 atom stereocenters. The Bertz CT molecular complexity index is 717. The van der Waals surface area contributed by atoms with Crippen LogP contribution >= 0.6 is 11.3 Å². The second-order valence-corrected chi connectivity index (χ2v) is 8.03. The van der Waals surface area contributed by atoms with Gasteiger partial charge < -0.3 is 15.2 Å². The topological polar surface area (TPSA) is 61.0 Å². The van der Waals surface area contributed by atoms with E-state index in [1.165, 1.54) is 4.88 Å². The Morgan fingerprint density at radius 3 is 2.76 bits per heavy atom. The standard InChI is InChI=1S/C19H28N4OS/c1-4-15(16-6-5-11-25-16)20-14-7-9-23(10-8-14)17-12-18(24)22-19(21-17)13(2)3/h5-6,11-15,20H,4,7-10H2,1-3H3,(H,21,22,24)/t15-/m0/s1.